The number of hydrogen-bond acceptors (Lipinski definition) is 2. The molecule has 0 unspecified atom stereocenters. The van der Waals surface area contributed by atoms with Gasteiger partial charge in [-0.25, -0.2) is 4.39 Å². The molecule has 2 aromatic rings. The summed E-state index contributed by atoms with van der Waals surface area (Å²) < 4.78 is 18.5. The van der Waals surface area contributed by atoms with Crippen molar-refractivity contribution in [2.24, 2.45) is 0 Å². The number of phenols is 1. The number of aromatic hydroxyl groups is 1. The fourth-order valence-corrected chi connectivity index (χ4v) is 1.34. The van der Waals surface area contributed by atoms with E-state index >= 15 is 0 Å². The molecule has 0 fully saturated rings. The van der Waals surface area contributed by atoms with Crippen molar-refractivity contribution in [1.29, 1.82) is 0 Å². The smallest absolute Gasteiger partial charge is 0.204 e. The Labute approximate surface area is 96.9 Å². The van der Waals surface area contributed by atoms with Gasteiger partial charge < -0.3 is 9.84 Å². The Hall–Kier alpha value is -1.74. The summed E-state index contributed by atoms with van der Waals surface area (Å²) in [5.74, 6) is -0.639. The number of ether oxygens (including phenoxy) is 1. The van der Waals surface area contributed by atoms with E-state index in [9.17, 15) is 9.50 Å². The maximum atomic E-state index is 13.3. The van der Waals surface area contributed by atoms with E-state index in [-0.39, 0.29) is 11.5 Å². The third-order valence-corrected chi connectivity index (χ3v) is 2.23. The molecular formula is C12H8ClFO2. The molecule has 0 radical (unpaired) electrons. The third kappa shape index (κ3) is 2.25. The van der Waals surface area contributed by atoms with Crippen LogP contribution in [0.25, 0.3) is 0 Å². The number of benzene rings is 2. The van der Waals surface area contributed by atoms with E-state index in [2.05, 4.69) is 0 Å². The first kappa shape index (κ1) is 10.8. The van der Waals surface area contributed by atoms with Crippen LogP contribution in [0.5, 0.6) is 17.2 Å². The molecule has 0 amide bonds. The van der Waals surface area contributed by atoms with Gasteiger partial charge >= 0.3 is 0 Å². The molecule has 0 bridgehead atoms. The summed E-state index contributed by atoms with van der Waals surface area (Å²) in [6.45, 7) is 0. The van der Waals surface area contributed by atoms with Crippen LogP contribution >= 0.6 is 11.6 Å². The minimum Gasteiger partial charge on any atom is -0.504 e. The van der Waals surface area contributed by atoms with Gasteiger partial charge in [0.05, 0.1) is 0 Å². The number of rotatable bonds is 2. The normalized spacial score (nSPS) is 10.1. The maximum Gasteiger partial charge on any atom is 0.204 e. The van der Waals surface area contributed by atoms with E-state index in [4.69, 9.17) is 16.3 Å². The molecule has 0 atom stereocenters. The molecule has 82 valence electrons. The number of para-hydroxylation sites is 1. The van der Waals surface area contributed by atoms with Crippen LogP contribution in [0.15, 0.2) is 42.5 Å². The van der Waals surface area contributed by atoms with Crippen molar-refractivity contribution in [3.8, 4) is 17.2 Å². The highest BCUT2D eigenvalue weighted by atomic mass is 35.5. The maximum absolute atomic E-state index is 13.3. The summed E-state index contributed by atoms with van der Waals surface area (Å²) in [6, 6.07) is 10.4. The third-order valence-electron chi connectivity index (χ3n) is 1.98. The monoisotopic (exact) mass is 238 g/mol. The number of hydrogen-bond donors (Lipinski definition) is 1. The van der Waals surface area contributed by atoms with Crippen molar-refractivity contribution in [2.45, 2.75) is 0 Å². The molecule has 0 aromatic heterocycles. The molecule has 16 heavy (non-hydrogen) atoms. The van der Waals surface area contributed by atoms with Crippen LogP contribution in [0.2, 0.25) is 5.02 Å². The SMILES string of the molecule is Oc1cccc(F)c1Oc1ccc(Cl)cc1. The van der Waals surface area contributed by atoms with Crippen LogP contribution in [0.4, 0.5) is 4.39 Å². The molecule has 4 heteroatoms. The minimum atomic E-state index is -0.616. The molecule has 0 spiro atoms. The molecule has 2 rings (SSSR count). The van der Waals surface area contributed by atoms with Gasteiger partial charge in [-0.1, -0.05) is 17.7 Å². The number of halogens is 2. The average molecular weight is 239 g/mol. The first-order valence-electron chi connectivity index (χ1n) is 4.58. The lowest BCUT2D eigenvalue weighted by Crippen LogP contribution is -1.88. The van der Waals surface area contributed by atoms with Crippen LogP contribution in [-0.4, -0.2) is 5.11 Å². The summed E-state index contributed by atoms with van der Waals surface area (Å²) in [5, 5.41) is 9.98. The highest BCUT2D eigenvalue weighted by molar-refractivity contribution is 6.30. The van der Waals surface area contributed by atoms with Crippen LogP contribution in [-0.2, 0) is 0 Å². The second-order valence-electron chi connectivity index (χ2n) is 3.14. The quantitative estimate of drug-likeness (QED) is 0.858. The van der Waals surface area contributed by atoms with Crippen molar-refractivity contribution in [3.63, 3.8) is 0 Å². The summed E-state index contributed by atoms with van der Waals surface area (Å²) >= 11 is 5.70. The summed E-state index contributed by atoms with van der Waals surface area (Å²) in [5.41, 5.74) is 0. The largest absolute Gasteiger partial charge is 0.504 e. The summed E-state index contributed by atoms with van der Waals surface area (Å²) in [7, 11) is 0. The summed E-state index contributed by atoms with van der Waals surface area (Å²) in [4.78, 5) is 0. The van der Waals surface area contributed by atoms with Gasteiger partial charge in [-0.3, -0.25) is 0 Å². The molecule has 1 N–H and O–H groups in total. The Balaban J connectivity index is 2.30. The van der Waals surface area contributed by atoms with Gasteiger partial charge in [0.2, 0.25) is 5.75 Å². The zero-order valence-electron chi connectivity index (χ0n) is 8.15. The fraction of sp³-hybridized carbons (Fsp3) is 0. The molecule has 2 aromatic carbocycles. The van der Waals surface area contributed by atoms with Crippen LogP contribution in [0, 0.1) is 5.82 Å². The van der Waals surface area contributed by atoms with Gasteiger partial charge in [0, 0.05) is 5.02 Å². The second kappa shape index (κ2) is 4.41. The van der Waals surface area contributed by atoms with Crippen molar-refractivity contribution in [2.75, 3.05) is 0 Å². The Bertz CT molecular complexity index is 477. The van der Waals surface area contributed by atoms with Crippen molar-refractivity contribution < 1.29 is 14.2 Å². The van der Waals surface area contributed by atoms with E-state index < -0.39 is 5.82 Å². The summed E-state index contributed by atoms with van der Waals surface area (Å²) in [6.07, 6.45) is 0. The van der Waals surface area contributed by atoms with Gasteiger partial charge in [0.1, 0.15) is 5.75 Å². The Morgan fingerprint density at radius 2 is 1.75 bits per heavy atom. The van der Waals surface area contributed by atoms with Gasteiger partial charge in [-0.15, -0.1) is 0 Å². The Morgan fingerprint density at radius 1 is 1.06 bits per heavy atom. The van der Waals surface area contributed by atoms with Gasteiger partial charge in [0.15, 0.2) is 11.6 Å². The predicted octanol–water partition coefficient (Wildman–Crippen LogP) is 3.98. The van der Waals surface area contributed by atoms with Gasteiger partial charge in [0.25, 0.3) is 0 Å². The van der Waals surface area contributed by atoms with E-state index in [1.165, 1.54) is 18.2 Å². The van der Waals surface area contributed by atoms with Crippen LogP contribution in [0.1, 0.15) is 0 Å². The molecule has 2 nitrogen and oxygen atoms in total. The average Bonchev–Trinajstić information content (AvgIpc) is 2.26. The molecular weight excluding hydrogens is 231 g/mol. The van der Waals surface area contributed by atoms with Crippen LogP contribution < -0.4 is 4.74 Å². The van der Waals surface area contributed by atoms with Crippen molar-refractivity contribution >= 4 is 11.6 Å². The lowest BCUT2D eigenvalue weighted by molar-refractivity contribution is 0.388. The standard InChI is InChI=1S/C12H8ClFO2/c13-8-4-6-9(7-5-8)16-12-10(14)2-1-3-11(12)15/h1-7,15H. The molecule has 0 aliphatic heterocycles. The predicted molar refractivity (Wildman–Crippen MR) is 59.6 cm³/mol. The van der Waals surface area contributed by atoms with Crippen molar-refractivity contribution in [1.82, 2.24) is 0 Å². The Morgan fingerprint density at radius 3 is 2.38 bits per heavy atom. The topological polar surface area (TPSA) is 29.5 Å². The minimum absolute atomic E-state index is 0.190. The number of phenolic OH excluding ortho intramolecular Hbond substituents is 1. The lowest BCUT2D eigenvalue weighted by atomic mass is 10.3. The van der Waals surface area contributed by atoms with Gasteiger partial charge in [-0.2, -0.15) is 0 Å². The molecule has 0 saturated heterocycles. The second-order valence-corrected chi connectivity index (χ2v) is 3.58. The van der Waals surface area contributed by atoms with E-state index in [1.54, 1.807) is 24.3 Å². The zero-order valence-corrected chi connectivity index (χ0v) is 8.91. The van der Waals surface area contributed by atoms with Crippen LogP contribution in [0.3, 0.4) is 0 Å². The van der Waals surface area contributed by atoms with E-state index in [0.717, 1.165) is 0 Å². The van der Waals surface area contributed by atoms with Crippen molar-refractivity contribution in [3.05, 3.63) is 53.3 Å². The highest BCUT2D eigenvalue weighted by Gasteiger charge is 2.09. The first-order valence-corrected chi connectivity index (χ1v) is 4.95. The zero-order chi connectivity index (χ0) is 11.5. The molecule has 0 heterocycles. The highest BCUT2D eigenvalue weighted by Crippen LogP contribution is 2.33. The lowest BCUT2D eigenvalue weighted by Gasteiger charge is -2.08. The fourth-order valence-electron chi connectivity index (χ4n) is 1.22. The molecule has 0 saturated carbocycles. The first-order chi connectivity index (χ1) is 7.66. The van der Waals surface area contributed by atoms with E-state index in [0.29, 0.717) is 10.8 Å². The van der Waals surface area contributed by atoms with E-state index in [1.807, 2.05) is 0 Å². The molecule has 0 aliphatic carbocycles. The molecule has 0 aliphatic rings. The Kier molecular flexibility index (Phi) is 2.97. The van der Waals surface area contributed by atoms with Gasteiger partial charge in [-0.05, 0) is 36.4 Å².